The zero-order chi connectivity index (χ0) is 27.3. The molecule has 1 fully saturated rings. The molecule has 1 saturated heterocycles. The number of carboxylic acids is 1. The van der Waals surface area contributed by atoms with Gasteiger partial charge in [0.25, 0.3) is 17.5 Å². The third-order valence-corrected chi connectivity index (χ3v) is 9.21. The van der Waals surface area contributed by atoms with Gasteiger partial charge in [0, 0.05) is 30.0 Å². The number of aromatic nitrogens is 3. The number of β-lactam (4-membered cyclic amide) rings is 1. The summed E-state index contributed by atoms with van der Waals surface area (Å²) in [4.78, 5) is 53.2. The van der Waals surface area contributed by atoms with Crippen LogP contribution in [0.5, 0.6) is 0 Å². The number of ether oxygens (including phenoxy) is 1. The van der Waals surface area contributed by atoms with Crippen LogP contribution in [-0.2, 0) is 19.1 Å². The summed E-state index contributed by atoms with van der Waals surface area (Å²) in [7, 11) is 1.28. The van der Waals surface area contributed by atoms with Crippen LogP contribution < -0.4 is 16.0 Å². The highest BCUT2D eigenvalue weighted by atomic mass is 32.2. The molecule has 0 radical (unpaired) electrons. The second-order valence-electron chi connectivity index (χ2n) is 8.32. The number of nitrogens with zero attached hydrogens (tertiary/aromatic N) is 3. The quantitative estimate of drug-likeness (QED) is 0.107. The summed E-state index contributed by atoms with van der Waals surface area (Å²) in [6.07, 6.45) is 3.21. The molecule has 2 unspecified atom stereocenters. The Bertz CT molecular complexity index is 1210. The molecule has 4 heterocycles. The molecule has 0 aromatic carbocycles. The van der Waals surface area contributed by atoms with Crippen molar-refractivity contribution >= 4 is 58.7 Å². The molecule has 0 saturated carbocycles. The molecule has 204 valence electrons. The molecule has 3 atom stereocenters. The zero-order valence-corrected chi connectivity index (χ0v) is 23.0. The topological polar surface area (TPSA) is 179 Å². The molecule has 0 bridgehead atoms. The van der Waals surface area contributed by atoms with Crippen molar-refractivity contribution in [3.8, 4) is 0 Å². The van der Waals surface area contributed by atoms with Crippen LogP contribution in [0.3, 0.4) is 0 Å². The molecule has 2 aliphatic rings. The summed E-state index contributed by atoms with van der Waals surface area (Å²) in [5.74, 6) is -2.01. The molecular weight excluding hydrogens is 554 g/mol. The van der Waals surface area contributed by atoms with E-state index in [4.69, 9.17) is 4.74 Å². The summed E-state index contributed by atoms with van der Waals surface area (Å²) >= 11 is 3.85. The van der Waals surface area contributed by atoms with Gasteiger partial charge in [-0.15, -0.1) is 28.2 Å². The van der Waals surface area contributed by atoms with Gasteiger partial charge in [0.15, 0.2) is 0 Å². The maximum atomic E-state index is 13.5. The number of aliphatic carboxylic acids is 1. The molecular formula is C22H27N7O6S3. The van der Waals surface area contributed by atoms with Gasteiger partial charge in [-0.3, -0.25) is 14.5 Å². The first kappa shape index (κ1) is 27.9. The van der Waals surface area contributed by atoms with E-state index in [2.05, 4.69) is 31.4 Å². The largest absolute Gasteiger partial charge is 0.477 e. The van der Waals surface area contributed by atoms with Gasteiger partial charge in [0.2, 0.25) is 0 Å². The van der Waals surface area contributed by atoms with Gasteiger partial charge in [-0.1, -0.05) is 31.2 Å². The number of nitrogens with one attached hydrogen (secondary N) is 4. The van der Waals surface area contributed by atoms with Gasteiger partial charge < -0.3 is 25.8 Å². The first-order chi connectivity index (χ1) is 18.3. The first-order valence-corrected chi connectivity index (χ1v) is 14.6. The Hall–Kier alpha value is -3.08. The number of carboxylic acid groups (broad SMARTS) is 1. The van der Waals surface area contributed by atoms with Gasteiger partial charge in [0.05, 0.1) is 6.20 Å². The summed E-state index contributed by atoms with van der Waals surface area (Å²) in [5, 5.41) is 29.7. The number of methoxy groups -OCH3 is 1. The number of unbranched alkanes of at least 4 members (excludes halogenated alkanes) is 1. The average molecular weight is 582 g/mol. The Kier molecular flexibility index (Phi) is 8.96. The molecule has 38 heavy (non-hydrogen) atoms. The number of rotatable bonds is 12. The highest BCUT2D eigenvalue weighted by molar-refractivity contribution is 8.01. The Labute approximate surface area is 230 Å². The lowest BCUT2D eigenvalue weighted by Gasteiger charge is -2.56. The van der Waals surface area contributed by atoms with Crippen molar-refractivity contribution in [1.82, 2.24) is 36.3 Å². The molecule has 2 aliphatic heterocycles. The summed E-state index contributed by atoms with van der Waals surface area (Å²) < 4.78 is 5.55. The molecule has 5 N–H and O–H groups in total. The minimum atomic E-state index is -1.79. The summed E-state index contributed by atoms with van der Waals surface area (Å²) in [5.41, 5.74) is -1.39. The molecule has 2 aromatic rings. The zero-order valence-electron chi connectivity index (χ0n) is 20.6. The Morgan fingerprint density at radius 3 is 2.87 bits per heavy atom. The van der Waals surface area contributed by atoms with E-state index in [0.29, 0.717) is 33.5 Å². The number of urea groups is 1. The minimum Gasteiger partial charge on any atom is -0.477 e. The highest BCUT2D eigenvalue weighted by Crippen LogP contribution is 2.47. The monoisotopic (exact) mass is 581 g/mol. The number of thioether (sulfide) groups is 2. The fourth-order valence-corrected chi connectivity index (χ4v) is 7.15. The van der Waals surface area contributed by atoms with Gasteiger partial charge >= 0.3 is 12.0 Å². The van der Waals surface area contributed by atoms with E-state index in [1.165, 1.54) is 48.2 Å². The lowest BCUT2D eigenvalue weighted by atomic mass is 9.97. The number of fused-ring (bicyclic) bond motifs is 1. The van der Waals surface area contributed by atoms with E-state index in [-0.39, 0.29) is 5.70 Å². The van der Waals surface area contributed by atoms with Crippen molar-refractivity contribution in [3.05, 3.63) is 39.9 Å². The number of carbonyl (C=O) groups excluding carboxylic acids is 3. The standard InChI is InChI=1S/C22H27N7O6S3/c1-3-4-7-23-21(34)25-15(13-6-5-8-36-13)17(30)26-22(35-2)19(33)29-16(18(31)32)12(11-38-20(22)29)10-37-14-9-24-28-27-14/h5-6,8-9,15,20H,3-4,7,10-11H2,1-2H3,(H,26,30)(H,31,32)(H2,23,25,34)(H,24,27,28)/t15?,20?,22-/m1/s1. The van der Waals surface area contributed by atoms with Gasteiger partial charge in [-0.25, -0.2) is 9.59 Å². The van der Waals surface area contributed by atoms with Gasteiger partial charge in [-0.05, 0) is 23.4 Å². The van der Waals surface area contributed by atoms with Crippen LogP contribution >= 0.6 is 34.9 Å². The van der Waals surface area contributed by atoms with Gasteiger partial charge in [0.1, 0.15) is 22.1 Å². The Morgan fingerprint density at radius 1 is 1.42 bits per heavy atom. The smallest absolute Gasteiger partial charge is 0.352 e. The van der Waals surface area contributed by atoms with E-state index < -0.39 is 41.0 Å². The second kappa shape index (κ2) is 12.2. The number of hydrogen-bond donors (Lipinski definition) is 5. The van der Waals surface area contributed by atoms with Crippen LogP contribution in [0.4, 0.5) is 4.79 Å². The maximum absolute atomic E-state index is 13.5. The first-order valence-electron chi connectivity index (χ1n) is 11.7. The van der Waals surface area contributed by atoms with Crippen LogP contribution in [0.1, 0.15) is 30.7 Å². The van der Waals surface area contributed by atoms with Crippen molar-refractivity contribution in [1.29, 1.82) is 0 Å². The maximum Gasteiger partial charge on any atom is 0.352 e. The van der Waals surface area contributed by atoms with Gasteiger partial charge in [-0.2, -0.15) is 10.3 Å². The fourth-order valence-electron chi connectivity index (χ4n) is 4.01. The molecule has 16 heteroatoms. The molecule has 0 spiro atoms. The summed E-state index contributed by atoms with van der Waals surface area (Å²) in [6.45, 7) is 2.45. The number of H-pyrrole nitrogens is 1. The van der Waals surface area contributed by atoms with E-state index >= 15 is 0 Å². The third-order valence-electron chi connectivity index (χ3n) is 5.91. The molecule has 0 aliphatic carbocycles. The van der Waals surface area contributed by atoms with E-state index in [0.717, 1.165) is 17.7 Å². The van der Waals surface area contributed by atoms with E-state index in [1.54, 1.807) is 17.5 Å². The number of amides is 4. The molecule has 4 amide bonds. The lowest BCUT2D eigenvalue weighted by molar-refractivity contribution is -0.192. The van der Waals surface area contributed by atoms with Crippen molar-refractivity contribution in [2.45, 2.75) is 41.9 Å². The number of carbonyl (C=O) groups is 4. The predicted octanol–water partition coefficient (Wildman–Crippen LogP) is 1.51. The normalized spacial score (nSPS) is 21.4. The highest BCUT2D eigenvalue weighted by Gasteiger charge is 2.67. The van der Waals surface area contributed by atoms with Crippen molar-refractivity contribution in [2.75, 3.05) is 25.2 Å². The van der Waals surface area contributed by atoms with E-state index in [9.17, 15) is 24.3 Å². The van der Waals surface area contributed by atoms with Crippen molar-refractivity contribution in [2.24, 2.45) is 0 Å². The van der Waals surface area contributed by atoms with E-state index in [1.807, 2.05) is 6.92 Å². The fraction of sp³-hybridized carbons (Fsp3) is 0.455. The van der Waals surface area contributed by atoms with Crippen LogP contribution in [-0.4, -0.2) is 85.5 Å². The Balaban J connectivity index is 1.52. The third kappa shape index (κ3) is 5.52. The number of thiophene rings is 1. The van der Waals surface area contributed by atoms with Crippen LogP contribution in [0, 0.1) is 0 Å². The van der Waals surface area contributed by atoms with Crippen LogP contribution in [0.15, 0.2) is 40.0 Å². The number of hydrogen-bond acceptors (Lipinski definition) is 10. The van der Waals surface area contributed by atoms with Crippen molar-refractivity contribution in [3.63, 3.8) is 0 Å². The minimum absolute atomic E-state index is 0.139. The second-order valence-corrected chi connectivity index (χ2v) is 11.4. The van der Waals surface area contributed by atoms with Crippen molar-refractivity contribution < 1.29 is 29.0 Å². The molecule has 2 aromatic heterocycles. The number of aromatic amines is 1. The summed E-state index contributed by atoms with van der Waals surface area (Å²) in [6, 6.07) is 1.86. The molecule has 4 rings (SSSR count). The average Bonchev–Trinajstić information content (AvgIpc) is 3.63. The lowest BCUT2D eigenvalue weighted by Crippen LogP contribution is -2.81. The van der Waals surface area contributed by atoms with Crippen LogP contribution in [0.2, 0.25) is 0 Å². The Morgan fingerprint density at radius 2 is 2.24 bits per heavy atom. The molecule has 13 nitrogen and oxygen atoms in total. The SMILES string of the molecule is CCCCNC(=O)NC(C(=O)N[C@@]1(OC)C(=O)N2C(C(=O)O)=C(CSc3cn[nH]n3)CSC21)c1cccs1. The predicted molar refractivity (Wildman–Crippen MR) is 141 cm³/mol. The van der Waals surface area contributed by atoms with Crippen LogP contribution in [0.25, 0.3) is 0 Å².